The minimum absolute atomic E-state index is 0.266. The molecule has 2 aromatic carbocycles. The monoisotopic (exact) mass is 425 g/mol. The van der Waals surface area contributed by atoms with Crippen LogP contribution in [0.4, 0.5) is 33.0 Å². The maximum absolute atomic E-state index is 14.3. The van der Waals surface area contributed by atoms with E-state index in [1.165, 1.54) is 17.8 Å². The lowest BCUT2D eigenvalue weighted by molar-refractivity contribution is 0.122. The summed E-state index contributed by atoms with van der Waals surface area (Å²) in [6, 6.07) is 12.9. The predicted molar refractivity (Wildman–Crippen MR) is 121 cm³/mol. The van der Waals surface area contributed by atoms with Gasteiger partial charge in [0.05, 0.1) is 13.2 Å². The van der Waals surface area contributed by atoms with Gasteiger partial charge in [-0.3, -0.25) is 0 Å². The number of nitrogens with zero attached hydrogens (tertiary/aromatic N) is 3. The Morgan fingerprint density at radius 1 is 1.03 bits per heavy atom. The highest BCUT2D eigenvalue weighted by Gasteiger charge is 2.13. The fourth-order valence-corrected chi connectivity index (χ4v) is 3.65. The normalized spacial score (nSPS) is 13.9. The van der Waals surface area contributed by atoms with Gasteiger partial charge in [0.2, 0.25) is 0 Å². The number of morpholine rings is 1. The molecule has 0 atom stereocenters. The minimum atomic E-state index is -0.266. The average molecular weight is 426 g/mol. The molecule has 0 bridgehead atoms. The number of halogens is 1. The smallest absolute Gasteiger partial charge is 0.189 e. The second-order valence-electron chi connectivity index (χ2n) is 7.01. The molecule has 1 aromatic heterocycles. The lowest BCUT2D eigenvalue weighted by Gasteiger charge is -2.29. The zero-order valence-corrected chi connectivity index (χ0v) is 17.8. The van der Waals surface area contributed by atoms with Gasteiger partial charge in [-0.2, -0.15) is 0 Å². The van der Waals surface area contributed by atoms with Gasteiger partial charge in [-0.1, -0.05) is 17.8 Å². The third-order valence-corrected chi connectivity index (χ3v) is 5.43. The molecular formula is C22H24FN5OS. The van der Waals surface area contributed by atoms with Crippen LogP contribution in [-0.2, 0) is 4.74 Å². The van der Waals surface area contributed by atoms with Crippen LogP contribution in [0.5, 0.6) is 0 Å². The Bertz CT molecular complexity index is 1030. The van der Waals surface area contributed by atoms with E-state index >= 15 is 0 Å². The molecular weight excluding hydrogens is 401 g/mol. The van der Waals surface area contributed by atoms with Crippen LogP contribution in [-0.4, -0.2) is 42.5 Å². The molecule has 2 N–H and O–H groups in total. The van der Waals surface area contributed by atoms with Crippen LogP contribution < -0.4 is 15.5 Å². The molecule has 30 heavy (non-hydrogen) atoms. The van der Waals surface area contributed by atoms with Crippen molar-refractivity contribution >= 4 is 40.3 Å². The van der Waals surface area contributed by atoms with Crippen molar-refractivity contribution in [3.8, 4) is 0 Å². The van der Waals surface area contributed by atoms with E-state index in [0.29, 0.717) is 24.1 Å². The number of nitrogens with one attached hydrogen (secondary N) is 2. The lowest BCUT2D eigenvalue weighted by atomic mass is 10.1. The van der Waals surface area contributed by atoms with Gasteiger partial charge in [0.1, 0.15) is 11.6 Å². The van der Waals surface area contributed by atoms with E-state index < -0.39 is 0 Å². The van der Waals surface area contributed by atoms with Crippen LogP contribution in [0.3, 0.4) is 0 Å². The molecule has 8 heteroatoms. The van der Waals surface area contributed by atoms with Gasteiger partial charge in [0, 0.05) is 42.0 Å². The molecule has 0 saturated carbocycles. The number of aromatic nitrogens is 2. The molecule has 1 aliphatic rings. The van der Waals surface area contributed by atoms with Crippen molar-refractivity contribution in [3.05, 3.63) is 60.0 Å². The summed E-state index contributed by atoms with van der Waals surface area (Å²) in [6.07, 6.45) is 3.68. The summed E-state index contributed by atoms with van der Waals surface area (Å²) in [6.45, 7) is 4.87. The fraction of sp³-hybridized carbons (Fsp3) is 0.273. The first-order valence-corrected chi connectivity index (χ1v) is 11.0. The maximum Gasteiger partial charge on any atom is 0.189 e. The molecule has 6 nitrogen and oxygen atoms in total. The largest absolute Gasteiger partial charge is 0.378 e. The second kappa shape index (κ2) is 9.32. The third kappa shape index (κ3) is 5.01. The van der Waals surface area contributed by atoms with Crippen molar-refractivity contribution in [3.63, 3.8) is 0 Å². The van der Waals surface area contributed by atoms with Gasteiger partial charge in [-0.05, 0) is 55.1 Å². The molecule has 0 unspecified atom stereocenters. The van der Waals surface area contributed by atoms with Crippen molar-refractivity contribution in [2.45, 2.75) is 12.1 Å². The van der Waals surface area contributed by atoms with Gasteiger partial charge in [0.15, 0.2) is 5.16 Å². The van der Waals surface area contributed by atoms with E-state index in [2.05, 4.69) is 25.5 Å². The molecule has 0 aliphatic carbocycles. The quantitative estimate of drug-likeness (QED) is 0.427. The van der Waals surface area contributed by atoms with Gasteiger partial charge in [-0.25, -0.2) is 14.4 Å². The Morgan fingerprint density at radius 3 is 2.67 bits per heavy atom. The van der Waals surface area contributed by atoms with Gasteiger partial charge in [0.25, 0.3) is 0 Å². The maximum atomic E-state index is 14.3. The summed E-state index contributed by atoms with van der Waals surface area (Å²) < 4.78 is 19.7. The summed E-state index contributed by atoms with van der Waals surface area (Å²) in [5.74, 6) is 0.465. The van der Waals surface area contributed by atoms with Crippen molar-refractivity contribution < 1.29 is 9.13 Å². The van der Waals surface area contributed by atoms with Crippen LogP contribution in [0.1, 0.15) is 5.56 Å². The number of hydrogen-bond acceptors (Lipinski definition) is 7. The van der Waals surface area contributed by atoms with Crippen LogP contribution in [0.15, 0.2) is 53.8 Å². The number of hydrogen-bond donors (Lipinski definition) is 2. The molecule has 1 fully saturated rings. The summed E-state index contributed by atoms with van der Waals surface area (Å²) in [7, 11) is 0. The highest BCUT2D eigenvalue weighted by molar-refractivity contribution is 7.98. The fourth-order valence-electron chi connectivity index (χ4n) is 3.30. The summed E-state index contributed by atoms with van der Waals surface area (Å²) in [5, 5.41) is 7.38. The molecule has 0 radical (unpaired) electrons. The highest BCUT2D eigenvalue weighted by Crippen LogP contribution is 2.29. The topological polar surface area (TPSA) is 62.3 Å². The molecule has 2 heterocycles. The van der Waals surface area contributed by atoms with Crippen LogP contribution >= 0.6 is 11.8 Å². The van der Waals surface area contributed by atoms with E-state index in [1.807, 2.05) is 43.5 Å². The Morgan fingerprint density at radius 2 is 1.87 bits per heavy atom. The number of thioether (sulfide) groups is 1. The zero-order valence-electron chi connectivity index (χ0n) is 17.0. The van der Waals surface area contributed by atoms with E-state index in [4.69, 9.17) is 4.74 Å². The Hall–Kier alpha value is -2.84. The van der Waals surface area contributed by atoms with E-state index in [0.717, 1.165) is 41.5 Å². The van der Waals surface area contributed by atoms with Gasteiger partial charge in [-0.15, -0.1) is 0 Å². The number of aryl methyl sites for hydroxylation is 1. The molecule has 0 amide bonds. The van der Waals surface area contributed by atoms with Gasteiger partial charge >= 0.3 is 0 Å². The third-order valence-electron chi connectivity index (χ3n) is 4.86. The van der Waals surface area contributed by atoms with Crippen molar-refractivity contribution in [1.29, 1.82) is 0 Å². The van der Waals surface area contributed by atoms with Crippen LogP contribution in [0.25, 0.3) is 0 Å². The first-order chi connectivity index (χ1) is 14.6. The number of ether oxygens (including phenoxy) is 1. The van der Waals surface area contributed by atoms with Crippen molar-refractivity contribution in [2.24, 2.45) is 0 Å². The number of rotatable bonds is 6. The first kappa shape index (κ1) is 20.4. The first-order valence-electron chi connectivity index (χ1n) is 9.76. The van der Waals surface area contributed by atoms with Crippen molar-refractivity contribution in [1.82, 2.24) is 9.97 Å². The van der Waals surface area contributed by atoms with Gasteiger partial charge < -0.3 is 20.3 Å². The lowest BCUT2D eigenvalue weighted by Crippen LogP contribution is -2.36. The molecule has 1 saturated heterocycles. The zero-order chi connectivity index (χ0) is 20.9. The highest BCUT2D eigenvalue weighted by atomic mass is 32.2. The Kier molecular flexibility index (Phi) is 6.35. The van der Waals surface area contributed by atoms with E-state index in [1.54, 1.807) is 12.3 Å². The Balaban J connectivity index is 1.55. The van der Waals surface area contributed by atoms with E-state index in [9.17, 15) is 4.39 Å². The summed E-state index contributed by atoms with van der Waals surface area (Å²) >= 11 is 1.50. The summed E-state index contributed by atoms with van der Waals surface area (Å²) in [4.78, 5) is 10.8. The van der Waals surface area contributed by atoms with Crippen molar-refractivity contribution in [2.75, 3.05) is 48.1 Å². The molecule has 4 rings (SSSR count). The Labute approximate surface area is 179 Å². The summed E-state index contributed by atoms with van der Waals surface area (Å²) in [5.41, 5.74) is 4.43. The van der Waals surface area contributed by atoms with E-state index in [-0.39, 0.29) is 5.82 Å². The average Bonchev–Trinajstić information content (AvgIpc) is 2.76. The van der Waals surface area contributed by atoms with Crippen LogP contribution in [0, 0.1) is 12.7 Å². The molecule has 0 spiro atoms. The SMILES string of the molecule is CSc1nccc(Nc2cc(Nc3cc(F)cc(N4CCOCC4)c3)ccc2C)n1. The molecule has 156 valence electrons. The number of benzene rings is 2. The molecule has 1 aliphatic heterocycles. The second-order valence-corrected chi connectivity index (χ2v) is 7.78. The minimum Gasteiger partial charge on any atom is -0.378 e. The predicted octanol–water partition coefficient (Wildman–Crippen LogP) is 4.97. The van der Waals surface area contributed by atoms with Crippen LogP contribution in [0.2, 0.25) is 0 Å². The number of anilines is 5. The molecule has 3 aromatic rings. The standard InChI is InChI=1S/C22H24FN5OS/c1-15-3-4-17(14-20(15)26-21-5-6-24-22(27-21)30-2)25-18-11-16(23)12-19(13-18)28-7-9-29-10-8-28/h3-6,11-14,25H,7-10H2,1-2H3,(H,24,26,27).